The second kappa shape index (κ2) is 3.58. The molecule has 0 saturated carbocycles. The average molecular weight is 298 g/mol. The van der Waals surface area contributed by atoms with Gasteiger partial charge in [-0.05, 0) is 46.4 Å². The summed E-state index contributed by atoms with van der Waals surface area (Å²) in [5.74, 6) is -0.0297. The number of hydrogen-bond donors (Lipinski definition) is 0. The Balaban J connectivity index is 2.37. The summed E-state index contributed by atoms with van der Waals surface area (Å²) < 4.78 is 1.12. The zero-order chi connectivity index (χ0) is 10.1. The van der Waals surface area contributed by atoms with Crippen molar-refractivity contribution < 1.29 is 4.79 Å². The van der Waals surface area contributed by atoms with E-state index in [2.05, 4.69) is 22.6 Å². The van der Waals surface area contributed by atoms with Gasteiger partial charge in [-0.1, -0.05) is 0 Å². The van der Waals surface area contributed by atoms with Gasteiger partial charge < -0.3 is 4.90 Å². The zero-order valence-electron chi connectivity index (χ0n) is 7.33. The molecule has 0 atom stereocenters. The van der Waals surface area contributed by atoms with E-state index in [0.717, 1.165) is 14.7 Å². The second-order valence-electron chi connectivity index (χ2n) is 3.12. The van der Waals surface area contributed by atoms with Crippen molar-refractivity contribution in [2.75, 3.05) is 6.54 Å². The topological polar surface area (TPSA) is 44.1 Å². The van der Waals surface area contributed by atoms with Crippen LogP contribution in [0.2, 0.25) is 0 Å². The molecule has 0 unspecified atom stereocenters. The quantitative estimate of drug-likeness (QED) is 0.586. The van der Waals surface area contributed by atoms with Crippen LogP contribution in [0, 0.1) is 14.9 Å². The van der Waals surface area contributed by atoms with Crippen LogP contribution in [0.15, 0.2) is 18.2 Å². The van der Waals surface area contributed by atoms with Crippen LogP contribution in [-0.2, 0) is 6.54 Å². The SMILES string of the molecule is N#CCN1Cc2cc(I)ccc2C1=O. The molecular formula is C10H7IN2O. The molecule has 1 amide bonds. The highest BCUT2D eigenvalue weighted by molar-refractivity contribution is 14.1. The highest BCUT2D eigenvalue weighted by atomic mass is 127. The molecule has 1 aliphatic rings. The Bertz CT molecular complexity index is 436. The number of carbonyl (C=O) groups is 1. The molecule has 0 radical (unpaired) electrons. The van der Waals surface area contributed by atoms with Crippen LogP contribution >= 0.6 is 22.6 Å². The molecule has 70 valence electrons. The number of halogens is 1. The minimum Gasteiger partial charge on any atom is -0.321 e. The highest BCUT2D eigenvalue weighted by Gasteiger charge is 2.26. The van der Waals surface area contributed by atoms with Crippen molar-refractivity contribution in [1.29, 1.82) is 5.26 Å². The summed E-state index contributed by atoms with van der Waals surface area (Å²) >= 11 is 2.21. The Morgan fingerprint density at radius 3 is 3.07 bits per heavy atom. The van der Waals surface area contributed by atoms with Gasteiger partial charge in [0.25, 0.3) is 5.91 Å². The highest BCUT2D eigenvalue weighted by Crippen LogP contribution is 2.23. The fourth-order valence-corrected chi connectivity index (χ4v) is 2.12. The van der Waals surface area contributed by atoms with Crippen LogP contribution < -0.4 is 0 Å². The Labute approximate surface area is 95.5 Å². The summed E-state index contributed by atoms with van der Waals surface area (Å²) in [7, 11) is 0. The number of amides is 1. The van der Waals surface area contributed by atoms with Gasteiger partial charge >= 0.3 is 0 Å². The van der Waals surface area contributed by atoms with Crippen molar-refractivity contribution in [3.63, 3.8) is 0 Å². The van der Waals surface area contributed by atoms with Gasteiger partial charge in [-0.25, -0.2) is 0 Å². The minimum atomic E-state index is -0.0297. The van der Waals surface area contributed by atoms with E-state index in [4.69, 9.17) is 5.26 Å². The van der Waals surface area contributed by atoms with E-state index >= 15 is 0 Å². The van der Waals surface area contributed by atoms with Crippen LogP contribution in [0.1, 0.15) is 15.9 Å². The van der Waals surface area contributed by atoms with Crippen molar-refractivity contribution in [1.82, 2.24) is 4.90 Å². The van der Waals surface area contributed by atoms with Crippen LogP contribution in [0.5, 0.6) is 0 Å². The molecule has 2 rings (SSSR count). The van der Waals surface area contributed by atoms with Gasteiger partial charge in [-0.15, -0.1) is 0 Å². The maximum Gasteiger partial charge on any atom is 0.255 e. The van der Waals surface area contributed by atoms with Crippen molar-refractivity contribution in [2.45, 2.75) is 6.54 Å². The van der Waals surface area contributed by atoms with Crippen LogP contribution in [0.25, 0.3) is 0 Å². The smallest absolute Gasteiger partial charge is 0.255 e. The first kappa shape index (κ1) is 9.46. The number of nitriles is 1. The third kappa shape index (κ3) is 1.48. The Hall–Kier alpha value is -1.09. The number of rotatable bonds is 1. The molecule has 0 fully saturated rings. The molecule has 0 aliphatic carbocycles. The van der Waals surface area contributed by atoms with Crippen LogP contribution in [0.4, 0.5) is 0 Å². The van der Waals surface area contributed by atoms with Gasteiger partial charge in [0, 0.05) is 15.7 Å². The molecule has 0 saturated heterocycles. The van der Waals surface area contributed by atoms with Crippen molar-refractivity contribution in [3.05, 3.63) is 32.9 Å². The van der Waals surface area contributed by atoms with Gasteiger partial charge in [0.2, 0.25) is 0 Å². The van der Waals surface area contributed by atoms with Crippen molar-refractivity contribution >= 4 is 28.5 Å². The lowest BCUT2D eigenvalue weighted by molar-refractivity contribution is 0.0798. The molecule has 1 aromatic carbocycles. The van der Waals surface area contributed by atoms with E-state index in [1.165, 1.54) is 0 Å². The second-order valence-corrected chi connectivity index (χ2v) is 4.37. The van der Waals surface area contributed by atoms with E-state index < -0.39 is 0 Å². The van der Waals surface area contributed by atoms with Crippen LogP contribution in [-0.4, -0.2) is 17.4 Å². The Morgan fingerprint density at radius 2 is 2.36 bits per heavy atom. The molecule has 14 heavy (non-hydrogen) atoms. The zero-order valence-corrected chi connectivity index (χ0v) is 9.48. The summed E-state index contributed by atoms with van der Waals surface area (Å²) in [5.41, 5.74) is 1.76. The van der Waals surface area contributed by atoms with Gasteiger partial charge in [0.1, 0.15) is 6.54 Å². The predicted molar refractivity (Wildman–Crippen MR) is 59.5 cm³/mol. The van der Waals surface area contributed by atoms with E-state index in [0.29, 0.717) is 6.54 Å². The number of hydrogen-bond acceptors (Lipinski definition) is 2. The molecule has 0 spiro atoms. The molecule has 4 heteroatoms. The molecule has 1 aromatic rings. The Kier molecular flexibility index (Phi) is 2.42. The minimum absolute atomic E-state index is 0.0297. The monoisotopic (exact) mass is 298 g/mol. The third-order valence-corrected chi connectivity index (χ3v) is 2.88. The first-order chi connectivity index (χ1) is 6.72. The molecule has 0 bridgehead atoms. The largest absolute Gasteiger partial charge is 0.321 e. The van der Waals surface area contributed by atoms with Crippen molar-refractivity contribution in [3.8, 4) is 6.07 Å². The number of benzene rings is 1. The molecular weight excluding hydrogens is 291 g/mol. The standard InChI is InChI=1S/C10H7IN2O/c11-8-1-2-9-7(5-8)6-13(4-3-12)10(9)14/h1-2,5H,4,6H2. The van der Waals surface area contributed by atoms with E-state index in [-0.39, 0.29) is 12.5 Å². The first-order valence-electron chi connectivity index (χ1n) is 4.17. The Morgan fingerprint density at radius 1 is 1.57 bits per heavy atom. The third-order valence-electron chi connectivity index (χ3n) is 2.21. The summed E-state index contributed by atoms with van der Waals surface area (Å²) in [4.78, 5) is 13.2. The van der Waals surface area contributed by atoms with Gasteiger partial charge in [-0.2, -0.15) is 5.26 Å². The fraction of sp³-hybridized carbons (Fsp3) is 0.200. The van der Waals surface area contributed by atoms with Crippen LogP contribution in [0.3, 0.4) is 0 Å². The maximum atomic E-state index is 11.7. The summed E-state index contributed by atoms with van der Waals surface area (Å²) in [5, 5.41) is 8.53. The first-order valence-corrected chi connectivity index (χ1v) is 5.25. The van der Waals surface area contributed by atoms with Gasteiger partial charge in [0.05, 0.1) is 6.07 Å². The average Bonchev–Trinajstić information content (AvgIpc) is 2.44. The fourth-order valence-electron chi connectivity index (χ4n) is 1.56. The van der Waals surface area contributed by atoms with E-state index in [1.54, 1.807) is 4.90 Å². The summed E-state index contributed by atoms with van der Waals surface area (Å²) in [6, 6.07) is 7.72. The lowest BCUT2D eigenvalue weighted by atomic mass is 10.1. The maximum absolute atomic E-state index is 11.7. The van der Waals surface area contributed by atoms with E-state index in [9.17, 15) is 4.79 Å². The normalized spacial score (nSPS) is 14.0. The lowest BCUT2D eigenvalue weighted by Gasteiger charge is -2.08. The number of nitrogens with zero attached hydrogens (tertiary/aromatic N) is 2. The molecule has 1 heterocycles. The van der Waals surface area contributed by atoms with Gasteiger partial charge in [-0.3, -0.25) is 4.79 Å². The molecule has 3 nitrogen and oxygen atoms in total. The van der Waals surface area contributed by atoms with E-state index in [1.807, 2.05) is 24.3 Å². The molecule has 1 aliphatic heterocycles. The molecule has 0 aromatic heterocycles. The molecule has 0 N–H and O–H groups in total. The summed E-state index contributed by atoms with van der Waals surface area (Å²) in [6.45, 7) is 0.739. The predicted octanol–water partition coefficient (Wildman–Crippen LogP) is 1.77. The lowest BCUT2D eigenvalue weighted by Crippen LogP contribution is -2.23. The van der Waals surface area contributed by atoms with Gasteiger partial charge in [0.15, 0.2) is 0 Å². The van der Waals surface area contributed by atoms with Crippen molar-refractivity contribution in [2.24, 2.45) is 0 Å². The number of carbonyl (C=O) groups excluding carboxylic acids is 1. The summed E-state index contributed by atoms with van der Waals surface area (Å²) in [6.07, 6.45) is 0. The number of fused-ring (bicyclic) bond motifs is 1.